The molecule has 2 aromatic heterocycles. The van der Waals surface area contributed by atoms with Gasteiger partial charge in [-0.2, -0.15) is 0 Å². The summed E-state index contributed by atoms with van der Waals surface area (Å²) in [6, 6.07) is 3.39. The standard InChI is InChI=1S/C12H11ClN2O3/c1-2-17-11(16)10-6-8(7-18-10)5-9-3-4-14-12(13)15-9/h3-4,6-7H,2,5H2,1H3. The van der Waals surface area contributed by atoms with Gasteiger partial charge < -0.3 is 9.15 Å². The minimum atomic E-state index is -0.468. The van der Waals surface area contributed by atoms with Gasteiger partial charge in [0.25, 0.3) is 0 Å². The summed E-state index contributed by atoms with van der Waals surface area (Å²) in [5.74, 6) is -0.281. The van der Waals surface area contributed by atoms with Crippen molar-refractivity contribution in [2.45, 2.75) is 13.3 Å². The first-order chi connectivity index (χ1) is 8.69. The Morgan fingerprint density at radius 1 is 1.56 bits per heavy atom. The highest BCUT2D eigenvalue weighted by atomic mass is 35.5. The van der Waals surface area contributed by atoms with E-state index in [2.05, 4.69) is 9.97 Å². The number of carbonyl (C=O) groups excluding carboxylic acids is 1. The van der Waals surface area contributed by atoms with Gasteiger partial charge in [0, 0.05) is 18.3 Å². The number of nitrogens with zero attached hydrogens (tertiary/aromatic N) is 2. The normalized spacial score (nSPS) is 10.3. The molecule has 0 unspecified atom stereocenters. The molecule has 0 spiro atoms. The van der Waals surface area contributed by atoms with Gasteiger partial charge in [-0.3, -0.25) is 0 Å². The lowest BCUT2D eigenvalue weighted by Gasteiger charge is -1.97. The van der Waals surface area contributed by atoms with Crippen molar-refractivity contribution in [2.75, 3.05) is 6.61 Å². The maximum atomic E-state index is 11.4. The van der Waals surface area contributed by atoms with E-state index in [4.69, 9.17) is 20.8 Å². The number of aromatic nitrogens is 2. The number of esters is 1. The fraction of sp³-hybridized carbons (Fsp3) is 0.250. The van der Waals surface area contributed by atoms with Crippen LogP contribution in [0, 0.1) is 0 Å². The van der Waals surface area contributed by atoms with Gasteiger partial charge in [0.2, 0.25) is 11.0 Å². The first-order valence-electron chi connectivity index (χ1n) is 5.41. The van der Waals surface area contributed by atoms with E-state index in [9.17, 15) is 4.79 Å². The van der Waals surface area contributed by atoms with E-state index in [0.717, 1.165) is 11.3 Å². The minimum absolute atomic E-state index is 0.187. The summed E-state index contributed by atoms with van der Waals surface area (Å²) in [5.41, 5.74) is 1.58. The van der Waals surface area contributed by atoms with Gasteiger partial charge >= 0.3 is 5.97 Å². The van der Waals surface area contributed by atoms with Crippen molar-refractivity contribution in [3.63, 3.8) is 0 Å². The number of rotatable bonds is 4. The van der Waals surface area contributed by atoms with Crippen LogP contribution in [0.15, 0.2) is 29.0 Å². The molecule has 0 aliphatic carbocycles. The smallest absolute Gasteiger partial charge is 0.374 e. The first kappa shape index (κ1) is 12.6. The zero-order valence-electron chi connectivity index (χ0n) is 9.72. The maximum Gasteiger partial charge on any atom is 0.374 e. The van der Waals surface area contributed by atoms with Crippen LogP contribution in [0.1, 0.15) is 28.7 Å². The molecule has 6 heteroatoms. The van der Waals surface area contributed by atoms with Crippen LogP contribution in [-0.2, 0) is 11.2 Å². The third-order valence-electron chi connectivity index (χ3n) is 2.20. The average Bonchev–Trinajstić information content (AvgIpc) is 2.78. The van der Waals surface area contributed by atoms with Crippen molar-refractivity contribution in [2.24, 2.45) is 0 Å². The number of halogens is 1. The third kappa shape index (κ3) is 3.07. The summed E-state index contributed by atoms with van der Waals surface area (Å²) in [6.45, 7) is 2.06. The van der Waals surface area contributed by atoms with Gasteiger partial charge in [-0.15, -0.1) is 0 Å². The summed E-state index contributed by atoms with van der Waals surface area (Å²) < 4.78 is 9.96. The molecular weight excluding hydrogens is 256 g/mol. The lowest BCUT2D eigenvalue weighted by molar-refractivity contribution is 0.0490. The molecule has 0 N–H and O–H groups in total. The third-order valence-corrected chi connectivity index (χ3v) is 2.38. The van der Waals surface area contributed by atoms with Crippen LogP contribution in [0.2, 0.25) is 5.28 Å². The Hall–Kier alpha value is -1.88. The molecule has 2 aromatic rings. The summed E-state index contributed by atoms with van der Waals surface area (Å²) in [4.78, 5) is 19.3. The van der Waals surface area contributed by atoms with Crippen LogP contribution in [0.4, 0.5) is 0 Å². The van der Waals surface area contributed by atoms with Gasteiger partial charge in [0.15, 0.2) is 0 Å². The van der Waals surface area contributed by atoms with Gasteiger partial charge in [-0.25, -0.2) is 14.8 Å². The van der Waals surface area contributed by atoms with Crippen molar-refractivity contribution in [1.82, 2.24) is 9.97 Å². The number of carbonyl (C=O) groups is 1. The molecule has 2 rings (SSSR count). The fourth-order valence-corrected chi connectivity index (χ4v) is 1.62. The van der Waals surface area contributed by atoms with Crippen molar-refractivity contribution >= 4 is 17.6 Å². The molecule has 0 fully saturated rings. The highest BCUT2D eigenvalue weighted by Crippen LogP contribution is 2.13. The Bertz CT molecular complexity index is 554. The predicted octanol–water partition coefficient (Wildman–Crippen LogP) is 2.49. The van der Waals surface area contributed by atoms with Gasteiger partial charge in [0.05, 0.1) is 12.9 Å². The summed E-state index contributed by atoms with van der Waals surface area (Å²) in [5, 5.41) is 0.196. The average molecular weight is 267 g/mol. The zero-order valence-corrected chi connectivity index (χ0v) is 10.5. The largest absolute Gasteiger partial charge is 0.460 e. The number of furan rings is 1. The molecule has 0 saturated carbocycles. The minimum Gasteiger partial charge on any atom is -0.460 e. The topological polar surface area (TPSA) is 65.2 Å². The summed E-state index contributed by atoms with van der Waals surface area (Å²) in [6.07, 6.45) is 3.60. The molecule has 0 saturated heterocycles. The Kier molecular flexibility index (Phi) is 3.94. The van der Waals surface area contributed by atoms with E-state index in [1.54, 1.807) is 25.3 Å². The molecule has 0 atom stereocenters. The second-order valence-electron chi connectivity index (χ2n) is 3.53. The van der Waals surface area contributed by atoms with Crippen LogP contribution in [-0.4, -0.2) is 22.5 Å². The molecule has 0 aromatic carbocycles. The number of ether oxygens (including phenoxy) is 1. The van der Waals surface area contributed by atoms with Crippen molar-refractivity contribution in [1.29, 1.82) is 0 Å². The van der Waals surface area contributed by atoms with Crippen LogP contribution < -0.4 is 0 Å². The Morgan fingerprint density at radius 3 is 3.11 bits per heavy atom. The summed E-state index contributed by atoms with van der Waals surface area (Å²) in [7, 11) is 0. The van der Waals surface area contributed by atoms with E-state index >= 15 is 0 Å². The maximum absolute atomic E-state index is 11.4. The van der Waals surface area contributed by atoms with E-state index < -0.39 is 5.97 Å². The Balaban J connectivity index is 2.09. The summed E-state index contributed by atoms with van der Waals surface area (Å²) >= 11 is 5.69. The van der Waals surface area contributed by atoms with Gasteiger partial charge in [0.1, 0.15) is 0 Å². The van der Waals surface area contributed by atoms with Crippen molar-refractivity contribution < 1.29 is 13.9 Å². The van der Waals surface area contributed by atoms with Crippen molar-refractivity contribution in [3.8, 4) is 0 Å². The van der Waals surface area contributed by atoms with E-state index in [0.29, 0.717) is 13.0 Å². The first-order valence-corrected chi connectivity index (χ1v) is 5.78. The van der Waals surface area contributed by atoms with Crippen LogP contribution in [0.5, 0.6) is 0 Å². The second kappa shape index (κ2) is 5.64. The monoisotopic (exact) mass is 266 g/mol. The molecule has 0 aliphatic heterocycles. The molecule has 0 radical (unpaired) electrons. The SMILES string of the molecule is CCOC(=O)c1cc(Cc2ccnc(Cl)n2)co1. The predicted molar refractivity (Wildman–Crippen MR) is 64.5 cm³/mol. The van der Waals surface area contributed by atoms with E-state index in [-0.39, 0.29) is 11.0 Å². The van der Waals surface area contributed by atoms with Crippen LogP contribution in [0.3, 0.4) is 0 Å². The number of hydrogen-bond donors (Lipinski definition) is 0. The lowest BCUT2D eigenvalue weighted by atomic mass is 10.2. The Morgan fingerprint density at radius 2 is 2.39 bits per heavy atom. The lowest BCUT2D eigenvalue weighted by Crippen LogP contribution is -2.02. The fourth-order valence-electron chi connectivity index (χ4n) is 1.45. The van der Waals surface area contributed by atoms with E-state index in [1.165, 1.54) is 6.26 Å². The van der Waals surface area contributed by atoms with Crippen molar-refractivity contribution in [3.05, 3.63) is 46.9 Å². The van der Waals surface area contributed by atoms with Gasteiger partial charge in [-0.1, -0.05) is 0 Å². The quantitative estimate of drug-likeness (QED) is 0.628. The van der Waals surface area contributed by atoms with Crippen LogP contribution in [0.25, 0.3) is 0 Å². The zero-order chi connectivity index (χ0) is 13.0. The van der Waals surface area contributed by atoms with E-state index in [1.807, 2.05) is 0 Å². The molecule has 0 aliphatic rings. The molecule has 0 bridgehead atoms. The highest BCUT2D eigenvalue weighted by Gasteiger charge is 2.12. The second-order valence-corrected chi connectivity index (χ2v) is 3.87. The van der Waals surface area contributed by atoms with Gasteiger partial charge in [-0.05, 0) is 36.2 Å². The molecule has 2 heterocycles. The molecular formula is C12H11ClN2O3. The Labute approximate surface area is 109 Å². The highest BCUT2D eigenvalue weighted by molar-refractivity contribution is 6.28. The molecule has 0 amide bonds. The molecule has 94 valence electrons. The van der Waals surface area contributed by atoms with Crippen LogP contribution >= 0.6 is 11.6 Å². The molecule has 18 heavy (non-hydrogen) atoms. The molecule has 5 nitrogen and oxygen atoms in total. The number of hydrogen-bond acceptors (Lipinski definition) is 5.